The van der Waals surface area contributed by atoms with Crippen LogP contribution in [0.15, 0.2) is 60.7 Å². The summed E-state index contributed by atoms with van der Waals surface area (Å²) in [5.41, 5.74) is 0.0135. The molecule has 0 aliphatic heterocycles. The summed E-state index contributed by atoms with van der Waals surface area (Å²) < 4.78 is 16.6. The van der Waals surface area contributed by atoms with E-state index in [2.05, 4.69) is 10.6 Å². The smallest absolute Gasteiger partial charge is 0.0622 e. The third-order valence-corrected chi connectivity index (χ3v) is 7.16. The van der Waals surface area contributed by atoms with Gasteiger partial charge in [-0.2, -0.15) is 0 Å². The maximum absolute atomic E-state index is 12.8. The first-order valence-electron chi connectivity index (χ1n) is 11.8. The number of nitrogens with one attached hydrogen (secondary N) is 2. The van der Waals surface area contributed by atoms with E-state index in [4.69, 9.17) is 14.2 Å². The van der Waals surface area contributed by atoms with E-state index in [1.54, 1.807) is 32.9 Å². The molecule has 2 amide bonds. The second-order valence-electron chi connectivity index (χ2n) is 9.10. The Morgan fingerprint density at radius 3 is 2.08 bits per heavy atom. The van der Waals surface area contributed by atoms with E-state index < -0.39 is 41.6 Å². The monoisotopic (exact) mass is 578 g/mol. The molecule has 0 aromatic heterocycles. The molecule has 10 heteroatoms. The molecule has 2 aromatic rings. The minimum atomic E-state index is -1.12. The third kappa shape index (κ3) is 11.9. The molecule has 2 atom stereocenters. The molecule has 0 saturated carbocycles. The molecule has 0 bridgehead atoms. The van der Waals surface area contributed by atoms with Gasteiger partial charge in [0.2, 0.25) is 0 Å². The average Bonchev–Trinajstić information content (AvgIpc) is 2.87. The van der Waals surface area contributed by atoms with Crippen molar-refractivity contribution in [3.63, 3.8) is 0 Å². The third-order valence-electron chi connectivity index (χ3n) is 4.84. The van der Waals surface area contributed by atoms with E-state index in [0.717, 1.165) is 10.0 Å². The van der Waals surface area contributed by atoms with Crippen molar-refractivity contribution in [1.29, 1.82) is 0 Å². The van der Waals surface area contributed by atoms with Gasteiger partial charge in [-0.1, -0.05) is 18.2 Å². The van der Waals surface area contributed by atoms with Crippen LogP contribution in [0.1, 0.15) is 39.2 Å². The summed E-state index contributed by atoms with van der Waals surface area (Å²) in [5, 5.41) is 5.59. The number of rotatable bonds is 12. The molecule has 2 rings (SSSR count). The number of alkyl carbamates (subject to hydrolysis) is 1. The van der Waals surface area contributed by atoms with E-state index in [1.165, 1.54) is 7.11 Å². The van der Waals surface area contributed by atoms with Gasteiger partial charge in [0, 0.05) is 0 Å². The van der Waals surface area contributed by atoms with E-state index in [-0.39, 0.29) is 34.4 Å². The number of methoxy groups -OCH3 is 1. The van der Waals surface area contributed by atoms with E-state index in [1.807, 2.05) is 48.5 Å². The Balaban J connectivity index is 1.99. The molecule has 200 valence electrons. The molecule has 2 N–H and O–H groups in total. The summed E-state index contributed by atoms with van der Waals surface area (Å²) in [6.07, 6.45) is -0.976. The second-order valence-corrected chi connectivity index (χ2v) is 11.4. The minimum absolute atomic E-state index is 0.0182. The number of amides is 2. The van der Waals surface area contributed by atoms with Gasteiger partial charge < -0.3 is 0 Å². The topological polar surface area (TPSA) is 120 Å². The standard InChI is InChI=1S/C27H34N2O7Se/c1-27(2,3)36-26(33)29-21(25(32)35-17-19-11-7-5-8-12-19)15-16-23(30)28-22(24(31)34-4)18-37-20-13-9-6-10-14-20/h5-14,21-22H,15-18H2,1-4H3,(H,28,30)(H,29,33)/t21-,22-/m0/s1. The number of carbonyl (C=O) groups is 4. The van der Waals surface area contributed by atoms with Gasteiger partial charge in [-0.3, -0.25) is 0 Å². The summed E-state index contributed by atoms with van der Waals surface area (Å²) in [6, 6.07) is 16.8. The number of benzene rings is 2. The Morgan fingerprint density at radius 1 is 0.865 bits per heavy atom. The number of hydrogen-bond acceptors (Lipinski definition) is 7. The molecular weight excluding hydrogens is 543 g/mol. The molecule has 0 aliphatic rings. The van der Waals surface area contributed by atoms with Crippen LogP contribution in [-0.2, 0) is 35.2 Å². The van der Waals surface area contributed by atoms with Crippen LogP contribution in [0.4, 0.5) is 4.79 Å². The van der Waals surface area contributed by atoms with Crippen LogP contribution in [0.5, 0.6) is 0 Å². The van der Waals surface area contributed by atoms with Gasteiger partial charge in [0.1, 0.15) is 0 Å². The SMILES string of the molecule is COC(=O)[C@H](C[Se]c1ccccc1)NC(=O)CC[C@H](NC(=O)OC(C)(C)C)C(=O)OCc1ccccc1. The van der Waals surface area contributed by atoms with Crippen molar-refractivity contribution in [2.24, 2.45) is 0 Å². The quantitative estimate of drug-likeness (QED) is 0.226. The normalized spacial score (nSPS) is 12.5. The summed E-state index contributed by atoms with van der Waals surface area (Å²) in [7, 11) is 1.26. The molecule has 2 aromatic carbocycles. The van der Waals surface area contributed by atoms with Crippen molar-refractivity contribution in [3.05, 3.63) is 66.2 Å². The fourth-order valence-electron chi connectivity index (χ4n) is 3.08. The van der Waals surface area contributed by atoms with Gasteiger partial charge in [-0.25, -0.2) is 0 Å². The fraction of sp³-hybridized carbons (Fsp3) is 0.407. The van der Waals surface area contributed by atoms with Gasteiger partial charge in [0.15, 0.2) is 0 Å². The number of esters is 2. The summed E-state index contributed by atoms with van der Waals surface area (Å²) in [4.78, 5) is 50.0. The Labute approximate surface area is 223 Å². The van der Waals surface area contributed by atoms with Crippen molar-refractivity contribution >= 4 is 43.4 Å². The van der Waals surface area contributed by atoms with Crippen LogP contribution in [0.25, 0.3) is 0 Å². The molecule has 0 unspecified atom stereocenters. The van der Waals surface area contributed by atoms with E-state index >= 15 is 0 Å². The molecule has 37 heavy (non-hydrogen) atoms. The predicted molar refractivity (Wildman–Crippen MR) is 139 cm³/mol. The van der Waals surface area contributed by atoms with Crippen LogP contribution >= 0.6 is 0 Å². The first-order chi connectivity index (χ1) is 17.6. The molecule has 0 spiro atoms. The zero-order chi connectivity index (χ0) is 27.3. The molecule has 9 nitrogen and oxygen atoms in total. The molecule has 0 fully saturated rings. The summed E-state index contributed by atoms with van der Waals surface area (Å²) in [6.45, 7) is 5.12. The van der Waals surface area contributed by atoms with E-state index in [9.17, 15) is 19.2 Å². The zero-order valence-corrected chi connectivity index (χ0v) is 23.2. The zero-order valence-electron chi connectivity index (χ0n) is 21.5. The van der Waals surface area contributed by atoms with Crippen molar-refractivity contribution in [2.75, 3.05) is 7.11 Å². The van der Waals surface area contributed by atoms with Crippen molar-refractivity contribution in [2.45, 2.75) is 63.2 Å². The summed E-state index contributed by atoms with van der Waals surface area (Å²) >= 11 is -0.0601. The van der Waals surface area contributed by atoms with Gasteiger partial charge in [-0.15, -0.1) is 0 Å². The van der Waals surface area contributed by atoms with Crippen LogP contribution < -0.4 is 15.1 Å². The van der Waals surface area contributed by atoms with Crippen LogP contribution in [0, 0.1) is 0 Å². The van der Waals surface area contributed by atoms with Crippen LogP contribution in [0.2, 0.25) is 5.32 Å². The van der Waals surface area contributed by atoms with Crippen LogP contribution in [0.3, 0.4) is 0 Å². The van der Waals surface area contributed by atoms with Gasteiger partial charge in [0.25, 0.3) is 0 Å². The first kappa shape index (κ1) is 29.9. The van der Waals surface area contributed by atoms with Crippen molar-refractivity contribution < 1.29 is 33.4 Å². The first-order valence-corrected chi connectivity index (χ1v) is 13.9. The predicted octanol–water partition coefficient (Wildman–Crippen LogP) is 2.51. The molecule has 0 heterocycles. The Morgan fingerprint density at radius 2 is 1.49 bits per heavy atom. The molecule has 0 saturated heterocycles. The molecular formula is C27H34N2O7Se. The number of carbonyl (C=O) groups excluding carboxylic acids is 4. The van der Waals surface area contributed by atoms with Gasteiger partial charge in [-0.05, 0) is 0 Å². The Kier molecular flexibility index (Phi) is 12.1. The van der Waals surface area contributed by atoms with E-state index in [0.29, 0.717) is 5.32 Å². The van der Waals surface area contributed by atoms with Crippen LogP contribution in [-0.4, -0.2) is 63.7 Å². The second kappa shape index (κ2) is 15.0. The van der Waals surface area contributed by atoms with Crippen molar-refractivity contribution in [3.8, 4) is 0 Å². The number of ether oxygens (including phenoxy) is 3. The maximum atomic E-state index is 12.8. The van der Waals surface area contributed by atoms with Crippen molar-refractivity contribution in [1.82, 2.24) is 10.6 Å². The molecule has 0 aliphatic carbocycles. The average molecular weight is 578 g/mol. The Bertz CT molecular complexity index is 1030. The summed E-state index contributed by atoms with van der Waals surface area (Å²) in [5.74, 6) is -1.69. The minimum Gasteiger partial charge on any atom is -0.0622 e. The fourth-order valence-corrected chi connectivity index (χ4v) is 5.02. The molecule has 0 radical (unpaired) electrons. The van der Waals surface area contributed by atoms with Gasteiger partial charge in [0.05, 0.1) is 0 Å². The van der Waals surface area contributed by atoms with Gasteiger partial charge >= 0.3 is 206 Å². The Hall–Kier alpha value is -3.36. The number of hydrogen-bond donors (Lipinski definition) is 2.